The number of benzene rings is 2. The minimum absolute atomic E-state index is 0.0793. The second kappa shape index (κ2) is 10.6. The third-order valence-corrected chi connectivity index (χ3v) is 7.55. The molecule has 0 saturated carbocycles. The Morgan fingerprint density at radius 3 is 2.20 bits per heavy atom. The summed E-state index contributed by atoms with van der Waals surface area (Å²) in [6.07, 6.45) is 1.73. The van der Waals surface area contributed by atoms with E-state index in [0.717, 1.165) is 9.87 Å². The summed E-state index contributed by atoms with van der Waals surface area (Å²) in [6.45, 7) is 0.872. The fourth-order valence-corrected chi connectivity index (χ4v) is 5.54. The maximum Gasteiger partial charge on any atom is 0.325 e. The highest BCUT2D eigenvalue weighted by Gasteiger charge is 2.40. The van der Waals surface area contributed by atoms with Gasteiger partial charge < -0.3 is 4.74 Å². The van der Waals surface area contributed by atoms with Gasteiger partial charge in [0.1, 0.15) is 17.7 Å². The average molecular weight is 506 g/mol. The lowest BCUT2D eigenvalue weighted by Crippen LogP contribution is -2.48. The van der Waals surface area contributed by atoms with Crippen LogP contribution in [0.15, 0.2) is 54.7 Å². The van der Waals surface area contributed by atoms with Crippen molar-refractivity contribution in [3.8, 4) is 0 Å². The van der Waals surface area contributed by atoms with Crippen LogP contribution in [0.2, 0.25) is 0 Å². The highest BCUT2D eigenvalue weighted by atomic mass is 32.2. The summed E-state index contributed by atoms with van der Waals surface area (Å²) in [5, 5.41) is 8.25. The number of methoxy groups -OCH3 is 1. The van der Waals surface area contributed by atoms with Gasteiger partial charge in [0, 0.05) is 26.2 Å². The van der Waals surface area contributed by atoms with Gasteiger partial charge in [-0.3, -0.25) is 9.69 Å². The second-order valence-corrected chi connectivity index (χ2v) is 10.3. The molecule has 1 saturated heterocycles. The second-order valence-electron chi connectivity index (χ2n) is 8.30. The average Bonchev–Trinajstić information content (AvgIpc) is 3.23. The zero-order valence-electron chi connectivity index (χ0n) is 19.0. The predicted molar refractivity (Wildman–Crippen MR) is 122 cm³/mol. The number of carbonyl (C=O) groups excluding carboxylic acids is 1. The van der Waals surface area contributed by atoms with Crippen molar-refractivity contribution >= 4 is 16.0 Å². The van der Waals surface area contributed by atoms with E-state index in [2.05, 4.69) is 10.3 Å². The molecule has 1 unspecified atom stereocenters. The van der Waals surface area contributed by atoms with Crippen LogP contribution < -0.4 is 0 Å². The van der Waals surface area contributed by atoms with E-state index in [0.29, 0.717) is 17.8 Å². The molecule has 0 spiro atoms. The quantitative estimate of drug-likeness (QED) is 0.452. The molecule has 4 rings (SSSR count). The highest BCUT2D eigenvalue weighted by molar-refractivity contribution is 7.89. The fraction of sp³-hybridized carbons (Fsp3) is 0.348. The van der Waals surface area contributed by atoms with Crippen molar-refractivity contribution in [2.75, 3.05) is 26.0 Å². The topological polar surface area (TPSA) is 97.6 Å². The molecule has 0 N–H and O–H groups in total. The lowest BCUT2D eigenvalue weighted by atomic mass is 10.2. The number of carbonyl (C=O) groups is 1. The smallest absolute Gasteiger partial charge is 0.325 e. The van der Waals surface area contributed by atoms with Crippen molar-refractivity contribution in [3.63, 3.8) is 0 Å². The van der Waals surface area contributed by atoms with Gasteiger partial charge in [-0.05, 0) is 35.4 Å². The van der Waals surface area contributed by atoms with Crippen LogP contribution in [-0.2, 0) is 39.2 Å². The summed E-state index contributed by atoms with van der Waals surface area (Å²) < 4.78 is 60.2. The Morgan fingerprint density at radius 1 is 1.00 bits per heavy atom. The maximum atomic E-state index is 13.3. The van der Waals surface area contributed by atoms with Crippen LogP contribution in [-0.4, -0.2) is 70.6 Å². The first kappa shape index (κ1) is 24.9. The fourth-order valence-electron chi connectivity index (χ4n) is 3.93. The number of nitrogens with zero attached hydrogens (tertiary/aromatic N) is 5. The zero-order valence-corrected chi connectivity index (χ0v) is 19.9. The number of halogens is 2. The number of sulfonamides is 1. The number of ether oxygens (including phenoxy) is 1. The summed E-state index contributed by atoms with van der Waals surface area (Å²) in [5.41, 5.74) is 2.01. The molecule has 1 aliphatic rings. The Morgan fingerprint density at radius 2 is 1.60 bits per heavy atom. The van der Waals surface area contributed by atoms with Crippen LogP contribution in [0.1, 0.15) is 16.8 Å². The van der Waals surface area contributed by atoms with Crippen molar-refractivity contribution in [2.45, 2.75) is 25.7 Å². The number of hydrogen-bond acceptors (Lipinski definition) is 7. The number of aromatic nitrogens is 3. The van der Waals surface area contributed by atoms with Gasteiger partial charge in [0.25, 0.3) is 0 Å². The Hall–Kier alpha value is -3.22. The molecule has 186 valence electrons. The lowest BCUT2D eigenvalue weighted by molar-refractivity contribution is -0.145. The third kappa shape index (κ3) is 6.27. The standard InChI is InChI=1S/C23H25F2N5O4S/c1-34-23(31)22-16-28(10-11-35(32,33)30(22)13-18-4-8-20(25)9-5-18)14-21-15-29(27-26-21)12-17-2-6-19(24)7-3-17/h2-9,15,22H,10-14,16H2,1H3. The summed E-state index contributed by atoms with van der Waals surface area (Å²) in [4.78, 5) is 14.4. The van der Waals surface area contributed by atoms with Gasteiger partial charge in [0.15, 0.2) is 0 Å². The predicted octanol–water partition coefficient (Wildman–Crippen LogP) is 1.79. The van der Waals surface area contributed by atoms with E-state index in [-0.39, 0.29) is 37.7 Å². The first-order valence-electron chi connectivity index (χ1n) is 10.9. The first-order valence-corrected chi connectivity index (χ1v) is 12.5. The van der Waals surface area contributed by atoms with Crippen LogP contribution in [0, 0.1) is 11.6 Å². The zero-order chi connectivity index (χ0) is 25.0. The van der Waals surface area contributed by atoms with Crippen molar-refractivity contribution in [2.24, 2.45) is 0 Å². The van der Waals surface area contributed by atoms with E-state index in [1.807, 2.05) is 4.90 Å². The highest BCUT2D eigenvalue weighted by Crippen LogP contribution is 2.21. The minimum Gasteiger partial charge on any atom is -0.468 e. The largest absolute Gasteiger partial charge is 0.468 e. The van der Waals surface area contributed by atoms with E-state index < -0.39 is 27.9 Å². The number of esters is 1. The molecule has 1 atom stereocenters. The normalized spacial score (nSPS) is 18.8. The SMILES string of the molecule is COC(=O)C1CN(Cc2cn(Cc3ccc(F)cc3)nn2)CCS(=O)(=O)N1Cc1ccc(F)cc1. The third-order valence-electron chi connectivity index (χ3n) is 5.76. The molecule has 35 heavy (non-hydrogen) atoms. The molecule has 0 radical (unpaired) electrons. The summed E-state index contributed by atoms with van der Waals surface area (Å²) in [5.74, 6) is -1.64. The number of rotatable bonds is 7. The molecule has 1 aliphatic heterocycles. The van der Waals surface area contributed by atoms with Crippen LogP contribution in [0.25, 0.3) is 0 Å². The maximum absolute atomic E-state index is 13.3. The molecular formula is C23H25F2N5O4S. The summed E-state index contributed by atoms with van der Waals surface area (Å²) >= 11 is 0. The molecule has 9 nitrogen and oxygen atoms in total. The van der Waals surface area contributed by atoms with E-state index in [1.54, 1.807) is 23.0 Å². The van der Waals surface area contributed by atoms with Gasteiger partial charge in [0.2, 0.25) is 10.0 Å². The van der Waals surface area contributed by atoms with Gasteiger partial charge in [-0.2, -0.15) is 4.31 Å². The molecule has 0 amide bonds. The van der Waals surface area contributed by atoms with Crippen molar-refractivity contribution in [3.05, 3.63) is 83.2 Å². The van der Waals surface area contributed by atoms with Gasteiger partial charge in [-0.25, -0.2) is 21.9 Å². The molecular weight excluding hydrogens is 480 g/mol. The molecule has 0 aliphatic carbocycles. The molecule has 3 aromatic rings. The van der Waals surface area contributed by atoms with Crippen LogP contribution in [0.3, 0.4) is 0 Å². The van der Waals surface area contributed by atoms with Crippen LogP contribution in [0.4, 0.5) is 8.78 Å². The van der Waals surface area contributed by atoms with Crippen molar-refractivity contribution in [1.29, 1.82) is 0 Å². The Kier molecular flexibility index (Phi) is 7.53. The van der Waals surface area contributed by atoms with Crippen molar-refractivity contribution in [1.82, 2.24) is 24.2 Å². The molecule has 1 fully saturated rings. The summed E-state index contributed by atoms with van der Waals surface area (Å²) in [6, 6.07) is 10.4. The first-order chi connectivity index (χ1) is 16.7. The van der Waals surface area contributed by atoms with E-state index in [9.17, 15) is 22.0 Å². The van der Waals surface area contributed by atoms with Crippen LogP contribution in [0.5, 0.6) is 0 Å². The number of hydrogen-bond donors (Lipinski definition) is 0. The summed E-state index contributed by atoms with van der Waals surface area (Å²) in [7, 11) is -2.60. The monoisotopic (exact) mass is 505 g/mol. The molecule has 1 aromatic heterocycles. The minimum atomic E-state index is -3.81. The van der Waals surface area contributed by atoms with Gasteiger partial charge in [0.05, 0.1) is 31.3 Å². The van der Waals surface area contributed by atoms with E-state index in [4.69, 9.17) is 4.74 Å². The van der Waals surface area contributed by atoms with Gasteiger partial charge in [-0.1, -0.05) is 29.5 Å². The Balaban J connectivity index is 1.50. The lowest BCUT2D eigenvalue weighted by Gasteiger charge is -2.28. The molecule has 12 heteroatoms. The Bertz CT molecular complexity index is 1270. The van der Waals surface area contributed by atoms with Gasteiger partial charge in [-0.15, -0.1) is 5.10 Å². The molecule has 2 heterocycles. The van der Waals surface area contributed by atoms with Gasteiger partial charge >= 0.3 is 5.97 Å². The van der Waals surface area contributed by atoms with E-state index in [1.165, 1.54) is 43.5 Å². The van der Waals surface area contributed by atoms with E-state index >= 15 is 0 Å². The molecule has 2 aromatic carbocycles. The Labute approximate surface area is 202 Å². The van der Waals surface area contributed by atoms with Crippen LogP contribution >= 0.6 is 0 Å². The molecule has 0 bridgehead atoms. The van der Waals surface area contributed by atoms with Crippen molar-refractivity contribution < 1.29 is 26.7 Å².